The maximum atomic E-state index is 11.6. The van der Waals surface area contributed by atoms with Crippen molar-refractivity contribution in [3.05, 3.63) is 29.3 Å². The van der Waals surface area contributed by atoms with E-state index in [-0.39, 0.29) is 6.04 Å². The van der Waals surface area contributed by atoms with E-state index in [0.29, 0.717) is 16.8 Å². The van der Waals surface area contributed by atoms with Crippen molar-refractivity contribution in [2.24, 2.45) is 5.73 Å². The average Bonchev–Trinajstić information content (AvgIpc) is 2.25. The van der Waals surface area contributed by atoms with Crippen LogP contribution in [0.15, 0.2) is 18.2 Å². The lowest BCUT2D eigenvalue weighted by Gasteiger charge is -2.23. The monoisotopic (exact) mass is 253 g/mol. The highest BCUT2D eigenvalue weighted by Crippen LogP contribution is 2.29. The predicted octanol–water partition coefficient (Wildman–Crippen LogP) is 0.974. The summed E-state index contributed by atoms with van der Waals surface area (Å²) in [6, 6.07) is 6.63. The molecule has 1 aromatic rings. The molecule has 1 unspecified atom stereocenters. The normalized spacial score (nSPS) is 12.9. The molecule has 0 amide bonds. The minimum atomic E-state index is -3.42. The fraction of sp³-hybridized carbons (Fsp3) is 0.364. The summed E-state index contributed by atoms with van der Waals surface area (Å²) in [5, 5.41) is 9.03. The number of sulfonamides is 1. The average molecular weight is 253 g/mol. The summed E-state index contributed by atoms with van der Waals surface area (Å²) in [5.41, 5.74) is 7.08. The first kappa shape index (κ1) is 13.5. The number of hydrogen-bond donors (Lipinski definition) is 1. The lowest BCUT2D eigenvalue weighted by molar-refractivity contribution is 0.600. The van der Waals surface area contributed by atoms with Crippen LogP contribution in [0.4, 0.5) is 5.69 Å². The SMILES string of the molecule is CC(N)c1cccc(C#N)c1N(C)S(C)(=O)=O. The third-order valence-electron chi connectivity index (χ3n) is 2.49. The molecule has 0 bridgehead atoms. The van der Waals surface area contributed by atoms with E-state index >= 15 is 0 Å². The molecule has 0 aromatic heterocycles. The Balaban J connectivity index is 3.55. The summed E-state index contributed by atoms with van der Waals surface area (Å²) < 4.78 is 24.2. The zero-order chi connectivity index (χ0) is 13.2. The Morgan fingerprint density at radius 1 is 1.47 bits per heavy atom. The Morgan fingerprint density at radius 2 is 2.06 bits per heavy atom. The second kappa shape index (κ2) is 4.73. The fourth-order valence-corrected chi connectivity index (χ4v) is 2.07. The highest BCUT2D eigenvalue weighted by molar-refractivity contribution is 7.92. The van der Waals surface area contributed by atoms with Crippen LogP contribution >= 0.6 is 0 Å². The molecular weight excluding hydrogens is 238 g/mol. The molecule has 0 radical (unpaired) electrons. The van der Waals surface area contributed by atoms with Crippen LogP contribution in [0.2, 0.25) is 0 Å². The van der Waals surface area contributed by atoms with Crippen LogP contribution in [0, 0.1) is 11.3 Å². The number of rotatable bonds is 3. The Hall–Kier alpha value is -1.58. The van der Waals surface area contributed by atoms with Crippen LogP contribution in [0.1, 0.15) is 24.1 Å². The van der Waals surface area contributed by atoms with Gasteiger partial charge >= 0.3 is 0 Å². The van der Waals surface area contributed by atoms with E-state index in [1.165, 1.54) is 7.05 Å². The van der Waals surface area contributed by atoms with Gasteiger partial charge in [0.2, 0.25) is 10.0 Å². The third-order valence-corrected chi connectivity index (χ3v) is 3.67. The second-order valence-electron chi connectivity index (χ2n) is 3.87. The molecule has 1 rings (SSSR count). The molecule has 1 atom stereocenters. The predicted molar refractivity (Wildman–Crippen MR) is 67.0 cm³/mol. The largest absolute Gasteiger partial charge is 0.324 e. The van der Waals surface area contributed by atoms with Gasteiger partial charge in [-0.1, -0.05) is 12.1 Å². The molecule has 0 aliphatic rings. The zero-order valence-electron chi connectivity index (χ0n) is 10.0. The van der Waals surface area contributed by atoms with E-state index in [2.05, 4.69) is 0 Å². The van der Waals surface area contributed by atoms with E-state index in [1.54, 1.807) is 25.1 Å². The van der Waals surface area contributed by atoms with Gasteiger partial charge in [-0.2, -0.15) is 5.26 Å². The van der Waals surface area contributed by atoms with Crippen molar-refractivity contribution in [3.8, 4) is 6.07 Å². The Morgan fingerprint density at radius 3 is 2.47 bits per heavy atom. The molecule has 0 spiro atoms. The van der Waals surface area contributed by atoms with Gasteiger partial charge < -0.3 is 5.73 Å². The number of para-hydroxylation sites is 1. The molecule has 0 aliphatic heterocycles. The topological polar surface area (TPSA) is 87.2 Å². The van der Waals surface area contributed by atoms with Crippen LogP contribution < -0.4 is 10.0 Å². The molecule has 0 saturated carbocycles. The van der Waals surface area contributed by atoms with Crippen molar-refractivity contribution in [1.82, 2.24) is 0 Å². The van der Waals surface area contributed by atoms with Gasteiger partial charge in [0.15, 0.2) is 0 Å². The van der Waals surface area contributed by atoms with Gasteiger partial charge in [0.05, 0.1) is 17.5 Å². The molecule has 5 nitrogen and oxygen atoms in total. The third kappa shape index (κ3) is 2.75. The van der Waals surface area contributed by atoms with E-state index in [4.69, 9.17) is 11.0 Å². The van der Waals surface area contributed by atoms with Crippen molar-refractivity contribution in [1.29, 1.82) is 5.26 Å². The summed E-state index contributed by atoms with van der Waals surface area (Å²) in [5.74, 6) is 0. The first-order chi connectivity index (χ1) is 7.79. The Kier molecular flexibility index (Phi) is 3.76. The lowest BCUT2D eigenvalue weighted by atomic mass is 10.0. The number of nitrogens with zero attached hydrogens (tertiary/aromatic N) is 2. The summed E-state index contributed by atoms with van der Waals surface area (Å²) in [6.45, 7) is 1.75. The Bertz CT molecular complexity index is 559. The van der Waals surface area contributed by atoms with Crippen molar-refractivity contribution in [3.63, 3.8) is 0 Å². The lowest BCUT2D eigenvalue weighted by Crippen LogP contribution is -2.27. The van der Waals surface area contributed by atoms with Crippen molar-refractivity contribution >= 4 is 15.7 Å². The first-order valence-corrected chi connectivity index (χ1v) is 6.86. The molecule has 2 N–H and O–H groups in total. The molecule has 0 heterocycles. The van der Waals surface area contributed by atoms with Crippen molar-refractivity contribution < 1.29 is 8.42 Å². The van der Waals surface area contributed by atoms with Crippen LogP contribution in [-0.2, 0) is 10.0 Å². The summed E-state index contributed by atoms with van der Waals surface area (Å²) >= 11 is 0. The standard InChI is InChI=1S/C11H15N3O2S/c1-8(13)10-6-4-5-9(7-12)11(10)14(2)17(3,15)16/h4-6,8H,13H2,1-3H3. The van der Waals surface area contributed by atoms with E-state index in [1.807, 2.05) is 6.07 Å². The summed E-state index contributed by atoms with van der Waals surface area (Å²) in [6.07, 6.45) is 1.09. The minimum Gasteiger partial charge on any atom is -0.324 e. The maximum absolute atomic E-state index is 11.6. The molecular formula is C11H15N3O2S. The number of nitriles is 1. The molecule has 17 heavy (non-hydrogen) atoms. The second-order valence-corrected chi connectivity index (χ2v) is 5.89. The van der Waals surface area contributed by atoms with E-state index in [9.17, 15) is 8.42 Å². The summed E-state index contributed by atoms with van der Waals surface area (Å²) in [4.78, 5) is 0. The van der Waals surface area contributed by atoms with Gasteiger partial charge in [-0.25, -0.2) is 8.42 Å². The van der Waals surface area contributed by atoms with Gasteiger partial charge in [-0.05, 0) is 18.6 Å². The van der Waals surface area contributed by atoms with E-state index < -0.39 is 10.0 Å². The number of benzene rings is 1. The van der Waals surface area contributed by atoms with Crippen molar-refractivity contribution in [2.45, 2.75) is 13.0 Å². The van der Waals surface area contributed by atoms with Gasteiger partial charge in [0.1, 0.15) is 6.07 Å². The van der Waals surface area contributed by atoms with Crippen LogP contribution in [-0.4, -0.2) is 21.7 Å². The minimum absolute atomic E-state index is 0.299. The highest BCUT2D eigenvalue weighted by atomic mass is 32.2. The quantitative estimate of drug-likeness (QED) is 0.869. The number of anilines is 1. The van der Waals surface area contributed by atoms with Gasteiger partial charge in [0.25, 0.3) is 0 Å². The fourth-order valence-electron chi connectivity index (χ4n) is 1.54. The maximum Gasteiger partial charge on any atom is 0.232 e. The first-order valence-electron chi connectivity index (χ1n) is 5.01. The van der Waals surface area contributed by atoms with Gasteiger partial charge in [0, 0.05) is 13.1 Å². The number of nitrogens with two attached hydrogens (primary N) is 1. The van der Waals surface area contributed by atoms with Crippen LogP contribution in [0.3, 0.4) is 0 Å². The van der Waals surface area contributed by atoms with Crippen molar-refractivity contribution in [2.75, 3.05) is 17.6 Å². The van der Waals surface area contributed by atoms with Crippen LogP contribution in [0.25, 0.3) is 0 Å². The van der Waals surface area contributed by atoms with E-state index in [0.717, 1.165) is 10.6 Å². The molecule has 0 aliphatic carbocycles. The highest BCUT2D eigenvalue weighted by Gasteiger charge is 2.20. The van der Waals surface area contributed by atoms with Crippen LogP contribution in [0.5, 0.6) is 0 Å². The molecule has 92 valence electrons. The zero-order valence-corrected chi connectivity index (χ0v) is 10.8. The molecule has 0 saturated heterocycles. The molecule has 0 fully saturated rings. The number of hydrogen-bond acceptors (Lipinski definition) is 4. The Labute approximate surface area is 102 Å². The smallest absolute Gasteiger partial charge is 0.232 e. The molecule has 1 aromatic carbocycles. The van der Waals surface area contributed by atoms with Gasteiger partial charge in [-0.15, -0.1) is 0 Å². The summed E-state index contributed by atoms with van der Waals surface area (Å²) in [7, 11) is -2.00. The molecule has 6 heteroatoms. The van der Waals surface area contributed by atoms with Gasteiger partial charge in [-0.3, -0.25) is 4.31 Å².